The second-order valence-electron chi connectivity index (χ2n) is 24.1. The van der Waals surface area contributed by atoms with Gasteiger partial charge < -0.3 is 64.9 Å². The van der Waals surface area contributed by atoms with E-state index in [1.165, 1.54) is 23.8 Å². The van der Waals surface area contributed by atoms with E-state index in [0.29, 0.717) is 124 Å². The molecule has 470 valence electrons. The number of ketones is 1. The molecule has 0 saturated carbocycles. The van der Waals surface area contributed by atoms with Gasteiger partial charge in [-0.05, 0) is 133 Å². The van der Waals surface area contributed by atoms with Gasteiger partial charge in [0.15, 0.2) is 0 Å². The normalized spacial score (nSPS) is 17.9. The van der Waals surface area contributed by atoms with E-state index in [9.17, 15) is 28.4 Å². The van der Waals surface area contributed by atoms with Crippen LogP contribution in [0.1, 0.15) is 129 Å². The molecule has 3 aromatic carbocycles. The number of aromatic nitrogens is 3. The Morgan fingerprint density at radius 3 is 2.31 bits per heavy atom. The van der Waals surface area contributed by atoms with Crippen molar-refractivity contribution in [2.24, 2.45) is 5.41 Å². The lowest BCUT2D eigenvalue weighted by molar-refractivity contribution is -0.147. The Balaban J connectivity index is 0.670. The summed E-state index contributed by atoms with van der Waals surface area (Å²) < 4.78 is 45.4. The molecule has 5 atom stereocenters. The number of rotatable bonds is 26. The van der Waals surface area contributed by atoms with Crippen molar-refractivity contribution >= 4 is 46.7 Å². The monoisotopic (exact) mass is 1210 g/mol. The minimum absolute atomic E-state index is 0.0148. The van der Waals surface area contributed by atoms with Crippen molar-refractivity contribution in [1.29, 1.82) is 0 Å². The SMILES string of the molecule is [C-]#[N+]c1nn(CCCC(=O)CCOCCOCCOCCOCCOc2ccc3c(c2)CN(C(=O)[C@@H](NC(=O)[C@H](C)NC)C(C)(C)C)[C@H](C(=O)N[C@@H]2CCCc4ccccc42)C3)c2c1-c1cnc(N)c(c1)N1CCC[C@@H]1c1cc(F)ccc1C(=O)N(C)C2. The van der Waals surface area contributed by atoms with Crippen molar-refractivity contribution in [2.45, 2.75) is 135 Å². The van der Waals surface area contributed by atoms with E-state index in [1.807, 2.05) is 57.2 Å². The van der Waals surface area contributed by atoms with Crippen molar-refractivity contribution < 1.29 is 52.0 Å². The first kappa shape index (κ1) is 64.7. The second kappa shape index (κ2) is 29.9. The number of aryl methyl sites for hydroxylation is 2. The highest BCUT2D eigenvalue weighted by atomic mass is 19.1. The molecule has 4 aliphatic rings. The molecule has 3 aliphatic heterocycles. The van der Waals surface area contributed by atoms with Crippen molar-refractivity contribution in [1.82, 2.24) is 40.5 Å². The predicted octanol–water partition coefficient (Wildman–Crippen LogP) is 7.61. The number of ether oxygens (including phenoxy) is 5. The molecule has 5 aromatic rings. The molecular weight excluding hydrogens is 1130 g/mol. The number of hydrogen-bond donors (Lipinski definition) is 4. The average molecular weight is 1210 g/mol. The summed E-state index contributed by atoms with van der Waals surface area (Å²) in [7, 11) is 3.37. The number of Topliss-reactive ketones (excluding diaryl/α,β-unsaturated/α-hetero) is 1. The van der Waals surface area contributed by atoms with Gasteiger partial charge in [0.2, 0.25) is 17.7 Å². The summed E-state index contributed by atoms with van der Waals surface area (Å²) >= 11 is 0. The number of benzene rings is 3. The van der Waals surface area contributed by atoms with Crippen molar-refractivity contribution in [2.75, 3.05) is 90.7 Å². The van der Waals surface area contributed by atoms with Crippen LogP contribution in [0.25, 0.3) is 16.0 Å². The van der Waals surface area contributed by atoms with E-state index in [-0.39, 0.29) is 86.5 Å². The maximum atomic E-state index is 14.8. The number of fused-ring (bicyclic) bond motifs is 10. The largest absolute Gasteiger partial charge is 0.491 e. The van der Waals surface area contributed by atoms with E-state index in [4.69, 9.17) is 36.0 Å². The van der Waals surface area contributed by atoms with Crippen LogP contribution in [0, 0.1) is 17.8 Å². The zero-order valence-electron chi connectivity index (χ0n) is 51.5. The fraction of sp³-hybridized carbons (Fsp3) is 0.515. The summed E-state index contributed by atoms with van der Waals surface area (Å²) in [6.45, 7) is 19.6. The first-order chi connectivity index (χ1) is 42.4. The highest BCUT2D eigenvalue weighted by molar-refractivity contribution is 5.97. The molecule has 21 nitrogen and oxygen atoms in total. The first-order valence-corrected chi connectivity index (χ1v) is 30.7. The van der Waals surface area contributed by atoms with Gasteiger partial charge in [-0.3, -0.25) is 24.0 Å². The molecule has 1 fully saturated rings. The van der Waals surface area contributed by atoms with Crippen LogP contribution < -0.4 is 31.3 Å². The predicted molar refractivity (Wildman–Crippen MR) is 330 cm³/mol. The van der Waals surface area contributed by atoms with Crippen LogP contribution in [0.2, 0.25) is 0 Å². The summed E-state index contributed by atoms with van der Waals surface area (Å²) in [4.78, 5) is 83.0. The number of likely N-dealkylation sites (N-methyl/N-ethyl adjacent to an activating group) is 1. The smallest absolute Gasteiger partial charge is 0.303 e. The third kappa shape index (κ3) is 15.7. The Labute approximate surface area is 514 Å². The molecular formula is C66H84FN11O10. The third-order valence-corrected chi connectivity index (χ3v) is 17.0. The maximum Gasteiger partial charge on any atom is 0.303 e. The Morgan fingerprint density at radius 2 is 1.58 bits per heavy atom. The van der Waals surface area contributed by atoms with Crippen LogP contribution in [0.15, 0.2) is 72.9 Å². The van der Waals surface area contributed by atoms with E-state index in [0.717, 1.165) is 42.4 Å². The lowest BCUT2D eigenvalue weighted by Crippen LogP contribution is -2.62. The molecule has 2 aromatic heterocycles. The number of anilines is 2. The summed E-state index contributed by atoms with van der Waals surface area (Å²) in [5.41, 5.74) is 13.4. The molecule has 4 amide bonds. The maximum absolute atomic E-state index is 14.8. The lowest BCUT2D eigenvalue weighted by Gasteiger charge is -2.41. The van der Waals surface area contributed by atoms with Gasteiger partial charge in [0.1, 0.15) is 41.9 Å². The Kier molecular flexibility index (Phi) is 22.0. The standard InChI is InChI=1S/C66H84FN11O10/c1-42(69-5)62(80)73-59(66(2,3)4)65(83)77-40-46-35-49(21-19-44(46)36-56(77)63(81)72-53-17-10-14-43-13-8-9-16-50(43)53)88-34-33-87-32-31-86-30-29-85-28-27-84-26-23-48(79)15-11-25-78-57-41-75(7)64(82)51-22-20-47(67)38-52(51)54-18-12-24-76(54)55-37-45(39-71-60(55)68)58(57)61(70-6)74-78/h8-9,13,16,19-22,35,37-39,42,53-54,56,59,69H,10-12,14-15,17-18,23-34,36,40-41H2,1-5,7H3,(H2,68,71)(H,72,81)(H,73,80)/t42-,53+,54+,56-,59+/m0/s1. The fourth-order valence-electron chi connectivity index (χ4n) is 12.1. The van der Waals surface area contributed by atoms with Gasteiger partial charge in [0, 0.05) is 56.7 Å². The molecule has 0 spiro atoms. The molecule has 0 unspecified atom stereocenters. The van der Waals surface area contributed by atoms with Crippen LogP contribution in [-0.2, 0) is 70.6 Å². The minimum Gasteiger partial charge on any atom is -0.491 e. The molecule has 2 bridgehead atoms. The lowest BCUT2D eigenvalue weighted by atomic mass is 9.83. The number of carbonyl (C=O) groups is 5. The van der Waals surface area contributed by atoms with Crippen molar-refractivity contribution in [3.05, 3.63) is 129 Å². The number of halogens is 1. The van der Waals surface area contributed by atoms with Crippen LogP contribution in [0.5, 0.6) is 5.75 Å². The molecule has 0 radical (unpaired) electrons. The van der Waals surface area contributed by atoms with E-state index in [1.54, 1.807) is 41.7 Å². The van der Waals surface area contributed by atoms with Crippen LogP contribution in [0.4, 0.5) is 21.7 Å². The van der Waals surface area contributed by atoms with Crippen LogP contribution in [0.3, 0.4) is 0 Å². The van der Waals surface area contributed by atoms with Crippen molar-refractivity contribution in [3.63, 3.8) is 0 Å². The van der Waals surface area contributed by atoms with Gasteiger partial charge in [-0.25, -0.2) is 9.37 Å². The molecule has 9 rings (SSSR count). The van der Waals surface area contributed by atoms with Gasteiger partial charge in [0.05, 0.1) is 95.5 Å². The second-order valence-corrected chi connectivity index (χ2v) is 24.1. The van der Waals surface area contributed by atoms with E-state index >= 15 is 0 Å². The summed E-state index contributed by atoms with van der Waals surface area (Å²) in [6.07, 6.45) is 7.06. The van der Waals surface area contributed by atoms with E-state index < -0.39 is 29.4 Å². The molecule has 1 aliphatic carbocycles. The highest BCUT2D eigenvalue weighted by Gasteiger charge is 2.43. The van der Waals surface area contributed by atoms with Gasteiger partial charge in [0.25, 0.3) is 5.91 Å². The minimum atomic E-state index is -0.893. The Bertz CT molecular complexity index is 3340. The number of amides is 4. The molecule has 5 heterocycles. The summed E-state index contributed by atoms with van der Waals surface area (Å²) in [5, 5.41) is 13.9. The number of nitrogens with two attached hydrogens (primary N) is 1. The number of hydrogen-bond acceptors (Lipinski definition) is 15. The summed E-state index contributed by atoms with van der Waals surface area (Å²) in [5.74, 6) is -0.511. The molecule has 88 heavy (non-hydrogen) atoms. The van der Waals surface area contributed by atoms with Gasteiger partial charge >= 0.3 is 5.82 Å². The zero-order valence-corrected chi connectivity index (χ0v) is 51.5. The average Bonchev–Trinajstić information content (AvgIpc) is 3.60. The molecule has 5 N–H and O–H groups in total. The number of nitrogen functional groups attached to an aromatic ring is 1. The Hall–Kier alpha value is -7.81. The quantitative estimate of drug-likeness (QED) is 0.0308. The number of pyridine rings is 1. The molecule has 1 saturated heterocycles. The van der Waals surface area contributed by atoms with Gasteiger partial charge in [-0.1, -0.05) is 57.7 Å². The van der Waals surface area contributed by atoms with Gasteiger partial charge in [-0.15, -0.1) is 0 Å². The summed E-state index contributed by atoms with van der Waals surface area (Å²) in [6, 6.07) is 17.4. The topological polar surface area (TPSA) is 238 Å². The van der Waals surface area contributed by atoms with Crippen LogP contribution >= 0.6 is 0 Å². The van der Waals surface area contributed by atoms with E-state index in [2.05, 4.69) is 47.9 Å². The number of nitrogens with one attached hydrogen (secondary N) is 3. The zero-order chi connectivity index (χ0) is 62.5. The molecule has 22 heteroatoms. The first-order valence-electron chi connectivity index (χ1n) is 30.7. The van der Waals surface area contributed by atoms with Crippen LogP contribution in [-0.4, -0.2) is 152 Å². The fourth-order valence-corrected chi connectivity index (χ4v) is 12.1. The Morgan fingerprint density at radius 1 is 0.852 bits per heavy atom. The van der Waals surface area contributed by atoms with Crippen molar-refractivity contribution in [3.8, 4) is 16.9 Å². The number of nitrogens with zero attached hydrogens (tertiary/aromatic N) is 7. The highest BCUT2D eigenvalue weighted by Crippen LogP contribution is 2.44. The van der Waals surface area contributed by atoms with Gasteiger partial charge in [-0.2, -0.15) is 4.68 Å². The third-order valence-electron chi connectivity index (χ3n) is 17.0. The number of carbonyl (C=O) groups excluding carboxylic acids is 5.